The molecule has 1 aliphatic rings. The lowest BCUT2D eigenvalue weighted by Gasteiger charge is -2.06. The van der Waals surface area contributed by atoms with Crippen LogP contribution in [0.15, 0.2) is 86.5 Å². The molecule has 6 nitrogen and oxygen atoms in total. The van der Waals surface area contributed by atoms with Gasteiger partial charge in [0.2, 0.25) is 0 Å². The molecule has 8 heteroatoms. The predicted molar refractivity (Wildman–Crippen MR) is 120 cm³/mol. The summed E-state index contributed by atoms with van der Waals surface area (Å²) in [6.07, 6.45) is 5.86. The molecule has 0 spiro atoms. The number of cyclic esters (lactones) is 1. The Bertz CT molecular complexity index is 1230. The van der Waals surface area contributed by atoms with Gasteiger partial charge in [0.25, 0.3) is 5.90 Å². The highest BCUT2D eigenvalue weighted by Crippen LogP contribution is 2.28. The summed E-state index contributed by atoms with van der Waals surface area (Å²) in [7, 11) is 0. The molecule has 0 saturated heterocycles. The first kappa shape index (κ1) is 20.8. The van der Waals surface area contributed by atoms with Crippen LogP contribution in [0.5, 0.6) is 5.75 Å². The van der Waals surface area contributed by atoms with Crippen molar-refractivity contribution < 1.29 is 23.5 Å². The van der Waals surface area contributed by atoms with Crippen LogP contribution >= 0.6 is 27.5 Å². The maximum atomic E-state index is 12.3. The number of rotatable bonds is 5. The topological polar surface area (TPSA) is 78.1 Å². The second-order valence-corrected chi connectivity index (χ2v) is 7.65. The summed E-state index contributed by atoms with van der Waals surface area (Å²) in [5.41, 5.74) is 1.32. The molecule has 3 aromatic rings. The second-order valence-electron chi connectivity index (χ2n) is 6.30. The second kappa shape index (κ2) is 9.16. The van der Waals surface area contributed by atoms with Crippen molar-refractivity contribution in [3.63, 3.8) is 0 Å². The van der Waals surface area contributed by atoms with E-state index < -0.39 is 11.9 Å². The van der Waals surface area contributed by atoms with Crippen LogP contribution < -0.4 is 4.74 Å². The number of carbonyl (C=O) groups is 2. The molecule has 2 heterocycles. The number of hydrogen-bond donors (Lipinski definition) is 0. The van der Waals surface area contributed by atoms with Crippen LogP contribution in [0.2, 0.25) is 5.02 Å². The predicted octanol–water partition coefficient (Wildman–Crippen LogP) is 5.66. The van der Waals surface area contributed by atoms with Gasteiger partial charge < -0.3 is 13.9 Å². The highest BCUT2D eigenvalue weighted by molar-refractivity contribution is 9.10. The lowest BCUT2D eigenvalue weighted by atomic mass is 10.1. The van der Waals surface area contributed by atoms with Crippen LogP contribution in [0.25, 0.3) is 12.2 Å². The van der Waals surface area contributed by atoms with Crippen LogP contribution in [-0.2, 0) is 14.3 Å². The zero-order valence-corrected chi connectivity index (χ0v) is 18.1. The first-order chi connectivity index (χ1) is 15.0. The quantitative estimate of drug-likeness (QED) is 0.258. The van der Waals surface area contributed by atoms with Gasteiger partial charge in [0.05, 0.1) is 6.26 Å². The van der Waals surface area contributed by atoms with E-state index in [-0.39, 0.29) is 17.3 Å². The summed E-state index contributed by atoms with van der Waals surface area (Å²) < 4.78 is 16.5. The number of halogens is 2. The summed E-state index contributed by atoms with van der Waals surface area (Å²) in [6, 6.07) is 15.3. The molecule has 0 fully saturated rings. The summed E-state index contributed by atoms with van der Waals surface area (Å²) in [5, 5.41) is 0.607. The van der Waals surface area contributed by atoms with Crippen LogP contribution in [0, 0.1) is 0 Å². The molecule has 154 valence electrons. The van der Waals surface area contributed by atoms with Crippen molar-refractivity contribution in [1.29, 1.82) is 0 Å². The highest BCUT2D eigenvalue weighted by Gasteiger charge is 2.26. The van der Waals surface area contributed by atoms with Gasteiger partial charge in [-0.3, -0.25) is 0 Å². The zero-order chi connectivity index (χ0) is 21.8. The Morgan fingerprint density at radius 2 is 1.94 bits per heavy atom. The number of furan rings is 1. The Hall–Kier alpha value is -3.42. The van der Waals surface area contributed by atoms with Gasteiger partial charge in [0.1, 0.15) is 5.75 Å². The van der Waals surface area contributed by atoms with Crippen LogP contribution in [0.4, 0.5) is 0 Å². The normalized spacial score (nSPS) is 14.7. The number of aliphatic imine (C=N–C) groups is 1. The number of carbonyl (C=O) groups excluding carboxylic acids is 2. The van der Waals surface area contributed by atoms with Crippen molar-refractivity contribution in [2.75, 3.05) is 0 Å². The van der Waals surface area contributed by atoms with Gasteiger partial charge in [0.15, 0.2) is 11.5 Å². The largest absolute Gasteiger partial charge is 0.459 e. The molecule has 0 aliphatic carbocycles. The monoisotopic (exact) mass is 497 g/mol. The average molecular weight is 499 g/mol. The Kier molecular flexibility index (Phi) is 6.16. The molecule has 31 heavy (non-hydrogen) atoms. The van der Waals surface area contributed by atoms with E-state index in [2.05, 4.69) is 20.9 Å². The van der Waals surface area contributed by atoms with Crippen molar-refractivity contribution in [3.05, 3.63) is 99.0 Å². The van der Waals surface area contributed by atoms with Crippen LogP contribution in [-0.4, -0.2) is 17.8 Å². The minimum atomic E-state index is -0.633. The van der Waals surface area contributed by atoms with E-state index in [0.717, 1.165) is 10.0 Å². The number of esters is 2. The summed E-state index contributed by atoms with van der Waals surface area (Å²) in [5.74, 6) is -0.543. The summed E-state index contributed by atoms with van der Waals surface area (Å²) >= 11 is 9.23. The minimum absolute atomic E-state index is 0.0542. The maximum Gasteiger partial charge on any atom is 0.363 e. The molecular formula is C23H13BrClNO5. The minimum Gasteiger partial charge on any atom is -0.459 e. The molecule has 0 unspecified atom stereocenters. The van der Waals surface area contributed by atoms with Crippen molar-refractivity contribution >= 4 is 57.5 Å². The Morgan fingerprint density at radius 1 is 1.13 bits per heavy atom. The van der Waals surface area contributed by atoms with Gasteiger partial charge in [-0.05, 0) is 60.2 Å². The van der Waals surface area contributed by atoms with E-state index in [0.29, 0.717) is 16.3 Å². The van der Waals surface area contributed by atoms with Gasteiger partial charge in [0, 0.05) is 21.1 Å². The third kappa shape index (κ3) is 5.20. The first-order valence-electron chi connectivity index (χ1n) is 8.99. The Balaban J connectivity index is 1.56. The summed E-state index contributed by atoms with van der Waals surface area (Å²) in [4.78, 5) is 28.7. The van der Waals surface area contributed by atoms with E-state index in [1.165, 1.54) is 18.4 Å². The molecule has 1 aliphatic heterocycles. The molecule has 0 atom stereocenters. The van der Waals surface area contributed by atoms with Gasteiger partial charge in [-0.2, -0.15) is 0 Å². The van der Waals surface area contributed by atoms with Gasteiger partial charge >= 0.3 is 11.9 Å². The molecule has 1 aromatic heterocycles. The van der Waals surface area contributed by atoms with Crippen LogP contribution in [0.3, 0.4) is 0 Å². The molecular weight excluding hydrogens is 486 g/mol. The fourth-order valence-corrected chi connectivity index (χ4v) is 3.17. The molecule has 4 rings (SSSR count). The van der Waals surface area contributed by atoms with Crippen molar-refractivity contribution in [1.82, 2.24) is 0 Å². The SMILES string of the molecule is O=C(/C=C/c1ccc(Cl)cc1)Oc1ccc(Br)cc1/C=C1/N=C(c2ccco2)OC1=O. The smallest absolute Gasteiger partial charge is 0.363 e. The summed E-state index contributed by atoms with van der Waals surface area (Å²) in [6.45, 7) is 0. The number of benzene rings is 2. The van der Waals surface area contributed by atoms with E-state index >= 15 is 0 Å². The fraction of sp³-hybridized carbons (Fsp3) is 0. The lowest BCUT2D eigenvalue weighted by molar-refractivity contribution is -0.130. The Morgan fingerprint density at radius 3 is 2.68 bits per heavy atom. The fourth-order valence-electron chi connectivity index (χ4n) is 2.67. The van der Waals surface area contributed by atoms with E-state index in [4.69, 9.17) is 25.5 Å². The van der Waals surface area contributed by atoms with E-state index in [9.17, 15) is 9.59 Å². The third-order valence-electron chi connectivity index (χ3n) is 4.11. The third-order valence-corrected chi connectivity index (χ3v) is 4.85. The van der Waals surface area contributed by atoms with Crippen molar-refractivity contribution in [2.24, 2.45) is 4.99 Å². The Labute approximate surface area is 190 Å². The van der Waals surface area contributed by atoms with Gasteiger partial charge in [-0.25, -0.2) is 14.6 Å². The van der Waals surface area contributed by atoms with Gasteiger partial charge in [-0.15, -0.1) is 0 Å². The number of ether oxygens (including phenoxy) is 2. The van der Waals surface area contributed by atoms with Gasteiger partial charge in [-0.1, -0.05) is 39.7 Å². The highest BCUT2D eigenvalue weighted by atomic mass is 79.9. The van der Waals surface area contributed by atoms with Crippen molar-refractivity contribution in [3.8, 4) is 5.75 Å². The molecule has 0 bridgehead atoms. The van der Waals surface area contributed by atoms with E-state index in [1.54, 1.807) is 60.7 Å². The molecule has 0 N–H and O–H groups in total. The maximum absolute atomic E-state index is 12.3. The number of hydrogen-bond acceptors (Lipinski definition) is 6. The first-order valence-corrected chi connectivity index (χ1v) is 10.2. The molecule has 0 saturated carbocycles. The van der Waals surface area contributed by atoms with Crippen LogP contribution in [0.1, 0.15) is 16.9 Å². The molecule has 0 radical (unpaired) electrons. The molecule has 2 aromatic carbocycles. The lowest BCUT2D eigenvalue weighted by Crippen LogP contribution is -2.06. The number of nitrogens with zero attached hydrogens (tertiary/aromatic N) is 1. The molecule has 0 amide bonds. The zero-order valence-electron chi connectivity index (χ0n) is 15.7. The standard InChI is InChI=1S/C23H13BrClNO5/c24-16-6-9-19(30-21(27)10-5-14-3-7-17(25)8-4-14)15(12-16)13-18-23(28)31-22(26-18)20-2-1-11-29-20/h1-13H/b10-5+,18-13+. The van der Waals surface area contributed by atoms with Crippen molar-refractivity contribution in [2.45, 2.75) is 0 Å². The average Bonchev–Trinajstić information content (AvgIpc) is 3.40. The van der Waals surface area contributed by atoms with E-state index in [1.807, 2.05) is 0 Å².